The Labute approximate surface area is 176 Å². The lowest BCUT2D eigenvalue weighted by Crippen LogP contribution is -2.45. The first-order chi connectivity index (χ1) is 13.3. The Morgan fingerprint density at radius 2 is 1.75 bits per heavy atom. The van der Waals surface area contributed by atoms with E-state index in [0.717, 1.165) is 18.5 Å². The van der Waals surface area contributed by atoms with Gasteiger partial charge in [-0.2, -0.15) is 0 Å². The first kappa shape index (κ1) is 22.1. The van der Waals surface area contributed by atoms with Crippen LogP contribution in [-0.4, -0.2) is 38.5 Å². The maximum atomic E-state index is 12.3. The molecule has 7 heteroatoms. The molecule has 2 N–H and O–H groups in total. The Hall–Kier alpha value is -2.24. The molecule has 28 heavy (non-hydrogen) atoms. The summed E-state index contributed by atoms with van der Waals surface area (Å²) in [6.07, 6.45) is 1.68. The average molecular weight is 422 g/mol. The highest BCUT2D eigenvalue weighted by molar-refractivity contribution is 6.43. The molecule has 2 aromatic rings. The lowest BCUT2D eigenvalue weighted by molar-refractivity contribution is -0.122. The van der Waals surface area contributed by atoms with Crippen molar-refractivity contribution < 1.29 is 9.59 Å². The van der Waals surface area contributed by atoms with Gasteiger partial charge in [0.05, 0.1) is 15.6 Å². The van der Waals surface area contributed by atoms with Crippen LogP contribution in [-0.2, 0) is 11.2 Å². The van der Waals surface area contributed by atoms with Crippen LogP contribution in [0.3, 0.4) is 0 Å². The molecule has 2 aromatic carbocycles. The number of rotatable bonds is 8. The molecular weight excluding hydrogens is 397 g/mol. The zero-order valence-electron chi connectivity index (χ0n) is 16.3. The molecule has 0 aromatic heterocycles. The predicted molar refractivity (Wildman–Crippen MR) is 115 cm³/mol. The van der Waals surface area contributed by atoms with Crippen LogP contribution in [0.15, 0.2) is 42.5 Å². The van der Waals surface area contributed by atoms with Crippen molar-refractivity contribution in [1.82, 2.24) is 10.6 Å². The number of nitrogens with zero attached hydrogens (tertiary/aromatic N) is 1. The van der Waals surface area contributed by atoms with Gasteiger partial charge in [-0.05, 0) is 49.6 Å². The van der Waals surface area contributed by atoms with E-state index in [-0.39, 0.29) is 16.5 Å². The fraction of sp³-hybridized carbons (Fsp3) is 0.333. The second-order valence-electron chi connectivity index (χ2n) is 6.75. The van der Waals surface area contributed by atoms with E-state index < -0.39 is 11.9 Å². The normalized spacial score (nSPS) is 11.6. The van der Waals surface area contributed by atoms with Crippen molar-refractivity contribution in [3.8, 4) is 0 Å². The molecule has 0 bridgehead atoms. The van der Waals surface area contributed by atoms with Crippen LogP contribution in [0.1, 0.15) is 29.3 Å². The van der Waals surface area contributed by atoms with E-state index in [9.17, 15) is 9.59 Å². The molecule has 0 aliphatic heterocycles. The third-order valence-electron chi connectivity index (χ3n) is 4.33. The zero-order chi connectivity index (χ0) is 20.7. The van der Waals surface area contributed by atoms with Crippen molar-refractivity contribution >= 4 is 40.7 Å². The SMILES string of the molecule is CC(NC(=O)c1cccc(Cl)c1Cl)C(=O)NCCCc1ccc(N(C)C)cc1. The van der Waals surface area contributed by atoms with Crippen LogP contribution < -0.4 is 15.5 Å². The Morgan fingerprint density at radius 3 is 2.39 bits per heavy atom. The number of hydrogen-bond donors (Lipinski definition) is 2. The summed E-state index contributed by atoms with van der Waals surface area (Å²) in [5.74, 6) is -0.675. The fourth-order valence-corrected chi connectivity index (χ4v) is 3.02. The van der Waals surface area contributed by atoms with Gasteiger partial charge in [-0.25, -0.2) is 0 Å². The summed E-state index contributed by atoms with van der Waals surface area (Å²) < 4.78 is 0. The molecule has 0 aliphatic carbocycles. The molecule has 0 radical (unpaired) electrons. The van der Waals surface area contributed by atoms with Crippen molar-refractivity contribution in [1.29, 1.82) is 0 Å². The monoisotopic (exact) mass is 421 g/mol. The molecule has 0 heterocycles. The summed E-state index contributed by atoms with van der Waals surface area (Å²) in [4.78, 5) is 26.5. The second kappa shape index (κ2) is 10.3. The highest BCUT2D eigenvalue weighted by Gasteiger charge is 2.18. The Kier molecular flexibility index (Phi) is 8.15. The molecular formula is C21H25Cl2N3O2. The first-order valence-electron chi connectivity index (χ1n) is 9.08. The lowest BCUT2D eigenvalue weighted by atomic mass is 10.1. The van der Waals surface area contributed by atoms with Crippen molar-refractivity contribution in [2.75, 3.05) is 25.5 Å². The molecule has 2 amide bonds. The number of carbonyl (C=O) groups is 2. The highest BCUT2D eigenvalue weighted by Crippen LogP contribution is 2.25. The Bertz CT molecular complexity index is 823. The summed E-state index contributed by atoms with van der Waals surface area (Å²) in [7, 11) is 4.01. The van der Waals surface area contributed by atoms with Gasteiger partial charge in [-0.15, -0.1) is 0 Å². The number of benzene rings is 2. The number of amides is 2. The quantitative estimate of drug-likeness (QED) is 0.634. The number of halogens is 2. The molecule has 0 saturated heterocycles. The van der Waals surface area contributed by atoms with Crippen molar-refractivity contribution in [2.45, 2.75) is 25.8 Å². The maximum absolute atomic E-state index is 12.3. The highest BCUT2D eigenvalue weighted by atomic mass is 35.5. The van der Waals surface area contributed by atoms with E-state index in [0.29, 0.717) is 11.6 Å². The van der Waals surface area contributed by atoms with Crippen LogP contribution in [0.25, 0.3) is 0 Å². The van der Waals surface area contributed by atoms with Crippen molar-refractivity contribution in [3.05, 3.63) is 63.6 Å². The molecule has 150 valence electrons. The summed E-state index contributed by atoms with van der Waals surface area (Å²) >= 11 is 12.0. The van der Waals surface area contributed by atoms with Gasteiger partial charge in [-0.3, -0.25) is 9.59 Å². The molecule has 5 nitrogen and oxygen atoms in total. The van der Waals surface area contributed by atoms with Gasteiger partial charge in [0.25, 0.3) is 5.91 Å². The molecule has 1 atom stereocenters. The predicted octanol–water partition coefficient (Wildman–Crippen LogP) is 3.93. The van der Waals surface area contributed by atoms with Crippen molar-refractivity contribution in [3.63, 3.8) is 0 Å². The third-order valence-corrected chi connectivity index (χ3v) is 5.15. The van der Waals surface area contributed by atoms with Crippen LogP contribution in [0.2, 0.25) is 10.0 Å². The maximum Gasteiger partial charge on any atom is 0.253 e. The molecule has 0 saturated carbocycles. The second-order valence-corrected chi connectivity index (χ2v) is 7.54. The van der Waals surface area contributed by atoms with Crippen LogP contribution in [0.4, 0.5) is 5.69 Å². The van der Waals surface area contributed by atoms with E-state index in [1.807, 2.05) is 14.1 Å². The van der Waals surface area contributed by atoms with Gasteiger partial charge in [0.2, 0.25) is 5.91 Å². The summed E-state index contributed by atoms with van der Waals surface area (Å²) in [6, 6.07) is 12.5. The van der Waals surface area contributed by atoms with Gasteiger partial charge in [0.1, 0.15) is 6.04 Å². The summed E-state index contributed by atoms with van der Waals surface area (Å²) in [5.41, 5.74) is 2.62. The first-order valence-corrected chi connectivity index (χ1v) is 9.84. The van der Waals surface area contributed by atoms with Gasteiger partial charge in [0.15, 0.2) is 0 Å². The van der Waals surface area contributed by atoms with Gasteiger partial charge < -0.3 is 15.5 Å². The minimum atomic E-state index is -0.679. The van der Waals surface area contributed by atoms with E-state index in [1.54, 1.807) is 25.1 Å². The number of aryl methyl sites for hydroxylation is 1. The van der Waals surface area contributed by atoms with E-state index in [2.05, 4.69) is 39.8 Å². The number of hydrogen-bond acceptors (Lipinski definition) is 3. The lowest BCUT2D eigenvalue weighted by Gasteiger charge is -2.15. The minimum absolute atomic E-state index is 0.176. The third kappa shape index (κ3) is 6.14. The van der Waals surface area contributed by atoms with Gasteiger partial charge >= 0.3 is 0 Å². The summed E-state index contributed by atoms with van der Waals surface area (Å²) in [6.45, 7) is 2.16. The van der Waals surface area contributed by atoms with Crippen molar-refractivity contribution in [2.24, 2.45) is 0 Å². The molecule has 0 aliphatic rings. The zero-order valence-corrected chi connectivity index (χ0v) is 17.8. The standard InChI is InChI=1S/C21H25Cl2N3O2/c1-14(25-21(28)17-7-4-8-18(22)19(17)23)20(27)24-13-5-6-15-9-11-16(12-10-15)26(2)3/h4,7-12,14H,5-6,13H2,1-3H3,(H,24,27)(H,25,28). The van der Waals surface area contributed by atoms with Crippen LogP contribution in [0, 0.1) is 0 Å². The van der Waals surface area contributed by atoms with Gasteiger partial charge in [-0.1, -0.05) is 41.4 Å². The topological polar surface area (TPSA) is 61.4 Å². The fourth-order valence-electron chi connectivity index (χ4n) is 2.64. The van der Waals surface area contributed by atoms with E-state index in [4.69, 9.17) is 23.2 Å². The Balaban J connectivity index is 1.76. The number of carbonyl (C=O) groups excluding carboxylic acids is 2. The van der Waals surface area contributed by atoms with Gasteiger partial charge in [0, 0.05) is 26.3 Å². The Morgan fingerprint density at radius 1 is 1.07 bits per heavy atom. The molecule has 0 fully saturated rings. The molecule has 2 rings (SSSR count). The summed E-state index contributed by atoms with van der Waals surface area (Å²) in [5, 5.41) is 5.96. The van der Waals surface area contributed by atoms with Crippen LogP contribution in [0.5, 0.6) is 0 Å². The number of anilines is 1. The smallest absolute Gasteiger partial charge is 0.253 e. The minimum Gasteiger partial charge on any atom is -0.378 e. The van der Waals surface area contributed by atoms with Crippen LogP contribution >= 0.6 is 23.2 Å². The van der Waals surface area contributed by atoms with E-state index in [1.165, 1.54) is 5.56 Å². The van der Waals surface area contributed by atoms with E-state index >= 15 is 0 Å². The number of nitrogens with one attached hydrogen (secondary N) is 2. The average Bonchev–Trinajstić information content (AvgIpc) is 2.67. The molecule has 1 unspecified atom stereocenters. The largest absolute Gasteiger partial charge is 0.378 e. The molecule has 0 spiro atoms.